The van der Waals surface area contributed by atoms with Crippen molar-refractivity contribution in [2.24, 2.45) is 0 Å². The predicted molar refractivity (Wildman–Crippen MR) is 130 cm³/mol. The third-order valence-corrected chi connectivity index (χ3v) is 7.49. The van der Waals surface area contributed by atoms with Crippen LogP contribution in [0.2, 0.25) is 0 Å². The molecule has 4 rings (SSSR count). The van der Waals surface area contributed by atoms with Gasteiger partial charge < -0.3 is 15.0 Å². The second kappa shape index (κ2) is 10.1. The van der Waals surface area contributed by atoms with Gasteiger partial charge in [0, 0.05) is 37.2 Å². The van der Waals surface area contributed by atoms with Crippen molar-refractivity contribution in [2.45, 2.75) is 60.0 Å². The van der Waals surface area contributed by atoms with Gasteiger partial charge >= 0.3 is 19.5 Å². The van der Waals surface area contributed by atoms with Crippen LogP contribution in [0.15, 0.2) is 29.8 Å². The van der Waals surface area contributed by atoms with E-state index in [1.54, 1.807) is 0 Å². The number of hydrogen-bond donors (Lipinski definition) is 1. The van der Waals surface area contributed by atoms with Crippen LogP contribution in [0.3, 0.4) is 0 Å². The molecule has 0 atom stereocenters. The quantitative estimate of drug-likeness (QED) is 0.433. The zero-order valence-corrected chi connectivity index (χ0v) is 22.4. The maximum absolute atomic E-state index is 12.8. The Morgan fingerprint density at radius 2 is 1.64 bits per heavy atom. The van der Waals surface area contributed by atoms with Gasteiger partial charge in [0.2, 0.25) is 0 Å². The average Bonchev–Trinajstić information content (AvgIpc) is 2.81. The second-order valence-electron chi connectivity index (χ2n) is 9.11. The first-order chi connectivity index (χ1) is 15.3. The molecule has 0 bridgehead atoms. The molecule has 2 aliphatic rings. The van der Waals surface area contributed by atoms with Gasteiger partial charge in [0.05, 0.1) is 0 Å². The largest absolute Gasteiger partial charge is 1.00 e. The van der Waals surface area contributed by atoms with Crippen LogP contribution < -0.4 is 10.1 Å². The van der Waals surface area contributed by atoms with Crippen molar-refractivity contribution in [3.8, 4) is 5.75 Å². The molecular formula is C28H35N2O2Ru. The van der Waals surface area contributed by atoms with Gasteiger partial charge in [-0.3, -0.25) is 4.79 Å². The molecule has 177 valence electrons. The monoisotopic (exact) mass is 533 g/mol. The number of rotatable bonds is 4. The maximum atomic E-state index is 12.8. The summed E-state index contributed by atoms with van der Waals surface area (Å²) in [4.78, 5) is 14.7. The standard InChI is InChI=1S/C28H35N2O2.Ru/c1-7-30(8-2)27(31)23-11-9-22(10-12-23)25-21(6)28(13-15-29-16-14-28)32-26-20(5)19(4)18(3)17-24(25)26;/h9-12,29H,7-8,13-16H2,1-6H3;/q-1;+1. The van der Waals surface area contributed by atoms with Gasteiger partial charge in [0.15, 0.2) is 0 Å². The van der Waals surface area contributed by atoms with Gasteiger partial charge in [-0.05, 0) is 46.0 Å². The summed E-state index contributed by atoms with van der Waals surface area (Å²) in [5.74, 6) is 1.06. The van der Waals surface area contributed by atoms with Crippen molar-refractivity contribution in [3.05, 3.63) is 69.3 Å². The number of ether oxygens (including phenoxy) is 1. The molecule has 33 heavy (non-hydrogen) atoms. The molecule has 1 amide bonds. The van der Waals surface area contributed by atoms with E-state index in [0.717, 1.165) is 67.0 Å². The summed E-state index contributed by atoms with van der Waals surface area (Å²) in [6.45, 7) is 16.0. The summed E-state index contributed by atoms with van der Waals surface area (Å²) in [6, 6.07) is 11.8. The van der Waals surface area contributed by atoms with Gasteiger partial charge in [0.25, 0.3) is 5.91 Å². The smallest absolute Gasteiger partial charge is 0.528 e. The Balaban J connectivity index is 0.00000306. The summed E-state index contributed by atoms with van der Waals surface area (Å²) in [5, 5.41) is 3.48. The fourth-order valence-electron chi connectivity index (χ4n) is 5.11. The summed E-state index contributed by atoms with van der Waals surface area (Å²) in [7, 11) is 0. The molecule has 1 radical (unpaired) electrons. The van der Waals surface area contributed by atoms with Crippen LogP contribution in [-0.4, -0.2) is 42.6 Å². The van der Waals surface area contributed by atoms with E-state index in [2.05, 4.69) is 51.2 Å². The van der Waals surface area contributed by atoms with Crippen LogP contribution in [0.25, 0.3) is 5.57 Å². The summed E-state index contributed by atoms with van der Waals surface area (Å²) >= 11 is 0. The topological polar surface area (TPSA) is 41.6 Å². The normalized spacial score (nSPS) is 16.7. The van der Waals surface area contributed by atoms with E-state index < -0.39 is 0 Å². The molecule has 2 heterocycles. The van der Waals surface area contributed by atoms with Crippen molar-refractivity contribution in [1.82, 2.24) is 10.2 Å². The van der Waals surface area contributed by atoms with Crippen LogP contribution in [-0.2, 0) is 19.5 Å². The number of fused-ring (bicyclic) bond motifs is 1. The van der Waals surface area contributed by atoms with Crippen LogP contribution in [0.4, 0.5) is 0 Å². The van der Waals surface area contributed by atoms with Crippen LogP contribution in [0, 0.1) is 26.8 Å². The molecular weight excluding hydrogens is 497 g/mol. The number of aryl methyl sites for hydroxylation is 1. The van der Waals surface area contributed by atoms with Crippen molar-refractivity contribution in [3.63, 3.8) is 0 Å². The first-order valence-corrected chi connectivity index (χ1v) is 11.9. The molecule has 0 aromatic heterocycles. The van der Waals surface area contributed by atoms with E-state index in [0.29, 0.717) is 0 Å². The molecule has 2 aromatic carbocycles. The van der Waals surface area contributed by atoms with Crippen LogP contribution in [0.1, 0.15) is 71.8 Å². The zero-order chi connectivity index (χ0) is 23.0. The Bertz CT molecular complexity index is 1060. The number of carbonyl (C=O) groups is 1. The molecule has 5 heteroatoms. The van der Waals surface area contributed by atoms with Crippen molar-refractivity contribution >= 4 is 11.5 Å². The fraction of sp³-hybridized carbons (Fsp3) is 0.464. The Kier molecular flexibility index (Phi) is 7.86. The van der Waals surface area contributed by atoms with Crippen molar-refractivity contribution in [1.29, 1.82) is 0 Å². The Labute approximate surface area is 211 Å². The Morgan fingerprint density at radius 3 is 2.21 bits per heavy atom. The van der Waals surface area contributed by atoms with Crippen molar-refractivity contribution in [2.75, 3.05) is 26.2 Å². The molecule has 4 nitrogen and oxygen atoms in total. The first kappa shape index (κ1) is 25.7. The number of hydrogen-bond acceptors (Lipinski definition) is 3. The van der Waals surface area contributed by atoms with Gasteiger partial charge in [-0.1, -0.05) is 55.2 Å². The van der Waals surface area contributed by atoms with E-state index in [-0.39, 0.29) is 31.0 Å². The molecule has 2 aliphatic heterocycles. The predicted octanol–water partition coefficient (Wildman–Crippen LogP) is 5.23. The molecule has 0 aliphatic carbocycles. The van der Waals surface area contributed by atoms with Gasteiger partial charge in [-0.25, -0.2) is 0 Å². The minimum Gasteiger partial charge on any atom is -0.528 e. The number of amides is 1. The molecule has 1 fully saturated rings. The number of piperidine rings is 1. The molecule has 0 unspecified atom stereocenters. The molecule has 1 saturated heterocycles. The number of nitrogens with one attached hydrogen (secondary N) is 1. The summed E-state index contributed by atoms with van der Waals surface area (Å²) in [5.41, 5.74) is 8.71. The van der Waals surface area contributed by atoms with E-state index >= 15 is 0 Å². The average molecular weight is 533 g/mol. The van der Waals surface area contributed by atoms with E-state index in [1.807, 2.05) is 30.9 Å². The van der Waals surface area contributed by atoms with Gasteiger partial charge in [0.1, 0.15) is 5.60 Å². The maximum Gasteiger partial charge on any atom is 1.00 e. The first-order valence-electron chi connectivity index (χ1n) is 11.9. The fourth-order valence-corrected chi connectivity index (χ4v) is 5.11. The number of nitrogens with zero attached hydrogens (tertiary/aromatic N) is 1. The van der Waals surface area contributed by atoms with Crippen LogP contribution in [0.5, 0.6) is 5.75 Å². The zero-order valence-electron chi connectivity index (χ0n) is 20.7. The second-order valence-corrected chi connectivity index (χ2v) is 9.11. The van der Waals surface area contributed by atoms with Gasteiger partial charge in [-0.2, -0.15) is 0 Å². The molecule has 0 saturated carbocycles. The summed E-state index contributed by atoms with van der Waals surface area (Å²) in [6.07, 6.45) is 1.90. The van der Waals surface area contributed by atoms with E-state index in [1.165, 1.54) is 22.3 Å². The minimum atomic E-state index is -0.288. The van der Waals surface area contributed by atoms with Crippen molar-refractivity contribution < 1.29 is 29.0 Å². The van der Waals surface area contributed by atoms with Gasteiger partial charge in [-0.15, -0.1) is 22.8 Å². The number of benzene rings is 2. The third kappa shape index (κ3) is 4.42. The number of carbonyl (C=O) groups excluding carboxylic acids is 1. The molecule has 1 spiro atoms. The Hall–Kier alpha value is -1.97. The van der Waals surface area contributed by atoms with E-state index in [9.17, 15) is 4.79 Å². The van der Waals surface area contributed by atoms with Crippen LogP contribution >= 0.6 is 0 Å². The molecule has 1 N–H and O–H groups in total. The summed E-state index contributed by atoms with van der Waals surface area (Å²) < 4.78 is 6.82. The minimum absolute atomic E-state index is 0. The Morgan fingerprint density at radius 1 is 1.03 bits per heavy atom. The van der Waals surface area contributed by atoms with E-state index in [4.69, 9.17) is 4.74 Å². The SMILES string of the molecule is CCN(CC)C(=O)c1ccc(C2=C(C)C3(CCNCC3)Oc3c2[c-]c(C)c(C)c3C)cc1.[Ru+]. The third-order valence-electron chi connectivity index (χ3n) is 7.49. The molecule has 2 aromatic rings.